The van der Waals surface area contributed by atoms with Gasteiger partial charge in [0.15, 0.2) is 5.96 Å². The van der Waals surface area contributed by atoms with Crippen molar-refractivity contribution in [3.63, 3.8) is 0 Å². The molecule has 2 N–H and O–H groups in total. The molecule has 0 saturated heterocycles. The van der Waals surface area contributed by atoms with Gasteiger partial charge in [-0.15, -0.1) is 35.3 Å². The van der Waals surface area contributed by atoms with Crippen LogP contribution < -0.4 is 15.4 Å². The molecule has 27 heavy (non-hydrogen) atoms. The van der Waals surface area contributed by atoms with Crippen molar-refractivity contribution in [1.29, 1.82) is 0 Å². The van der Waals surface area contributed by atoms with Crippen molar-refractivity contribution in [2.45, 2.75) is 47.1 Å². The molecule has 0 radical (unpaired) electrons. The van der Waals surface area contributed by atoms with Crippen molar-refractivity contribution in [3.8, 4) is 5.75 Å². The van der Waals surface area contributed by atoms with Gasteiger partial charge >= 0.3 is 0 Å². The first-order valence-corrected chi connectivity index (χ1v) is 10.0. The first kappa shape index (κ1) is 23.7. The highest BCUT2D eigenvalue weighted by atomic mass is 127. The number of halogens is 1. The van der Waals surface area contributed by atoms with Gasteiger partial charge in [-0.2, -0.15) is 0 Å². The van der Waals surface area contributed by atoms with Crippen LogP contribution in [0, 0.1) is 20.8 Å². The molecule has 5 nitrogen and oxygen atoms in total. The summed E-state index contributed by atoms with van der Waals surface area (Å²) >= 11 is 1.72. The minimum Gasteiger partial charge on any atom is -0.494 e. The van der Waals surface area contributed by atoms with Gasteiger partial charge in [0, 0.05) is 18.0 Å². The zero-order chi connectivity index (χ0) is 18.8. The third-order valence-electron chi connectivity index (χ3n) is 3.88. The Morgan fingerprint density at radius 3 is 2.48 bits per heavy atom. The summed E-state index contributed by atoms with van der Waals surface area (Å²) in [6, 6.07) is 8.18. The molecule has 0 amide bonds. The minimum absolute atomic E-state index is 0. The second-order valence-corrected chi connectivity index (χ2v) is 7.52. The standard InChI is InChI=1S/C20H30N4OS.HI/c1-5-21-20(23-14-19-16(3)24-17(4)26-19)22-12-6-7-13-25-18-10-8-15(2)9-11-18;/h8-11H,5-7,12-14H2,1-4H3,(H2,21,22,23);1H. The Balaban J connectivity index is 0.00000364. The van der Waals surface area contributed by atoms with Crippen LogP contribution in [0.4, 0.5) is 0 Å². The van der Waals surface area contributed by atoms with E-state index in [9.17, 15) is 0 Å². The van der Waals surface area contributed by atoms with Crippen LogP contribution in [0.2, 0.25) is 0 Å². The lowest BCUT2D eigenvalue weighted by molar-refractivity contribution is 0.307. The van der Waals surface area contributed by atoms with E-state index < -0.39 is 0 Å². The molecule has 0 unspecified atom stereocenters. The normalized spacial score (nSPS) is 11.0. The summed E-state index contributed by atoms with van der Waals surface area (Å²) in [5, 5.41) is 7.78. The molecular formula is C20H31IN4OS. The Hall–Kier alpha value is -1.35. The summed E-state index contributed by atoms with van der Waals surface area (Å²) in [5.74, 6) is 1.80. The molecule has 1 aromatic heterocycles. The monoisotopic (exact) mass is 502 g/mol. The maximum atomic E-state index is 5.76. The number of aryl methyl sites for hydroxylation is 3. The van der Waals surface area contributed by atoms with Gasteiger partial charge in [0.25, 0.3) is 0 Å². The van der Waals surface area contributed by atoms with Crippen LogP contribution in [0.3, 0.4) is 0 Å². The number of aliphatic imine (C=N–C) groups is 1. The Morgan fingerprint density at radius 1 is 1.11 bits per heavy atom. The van der Waals surface area contributed by atoms with Gasteiger partial charge < -0.3 is 15.4 Å². The summed E-state index contributed by atoms with van der Waals surface area (Å²) in [5.41, 5.74) is 2.33. The van der Waals surface area contributed by atoms with E-state index in [1.165, 1.54) is 10.4 Å². The first-order chi connectivity index (χ1) is 12.6. The second-order valence-electron chi connectivity index (χ2n) is 6.23. The van der Waals surface area contributed by atoms with Gasteiger partial charge in [-0.3, -0.25) is 0 Å². The van der Waals surface area contributed by atoms with Crippen LogP contribution in [0.1, 0.15) is 40.9 Å². The summed E-state index contributed by atoms with van der Waals surface area (Å²) in [6.45, 7) is 11.4. The Labute approximate surface area is 184 Å². The Kier molecular flexibility index (Phi) is 11.3. The van der Waals surface area contributed by atoms with Gasteiger partial charge in [0.2, 0.25) is 0 Å². The van der Waals surface area contributed by atoms with E-state index in [-0.39, 0.29) is 24.0 Å². The van der Waals surface area contributed by atoms with Crippen LogP contribution in [-0.4, -0.2) is 30.6 Å². The quantitative estimate of drug-likeness (QED) is 0.228. The molecule has 150 valence electrons. The van der Waals surface area contributed by atoms with Crippen molar-refractivity contribution < 1.29 is 4.74 Å². The van der Waals surface area contributed by atoms with E-state index in [0.717, 1.165) is 54.9 Å². The van der Waals surface area contributed by atoms with Crippen LogP contribution in [0.15, 0.2) is 29.3 Å². The number of aromatic nitrogens is 1. The first-order valence-electron chi connectivity index (χ1n) is 9.23. The smallest absolute Gasteiger partial charge is 0.191 e. The second kappa shape index (κ2) is 12.9. The molecule has 2 aromatic rings. The highest BCUT2D eigenvalue weighted by Crippen LogP contribution is 2.17. The highest BCUT2D eigenvalue weighted by Gasteiger charge is 2.04. The fourth-order valence-corrected chi connectivity index (χ4v) is 3.33. The third kappa shape index (κ3) is 8.92. The number of hydrogen-bond donors (Lipinski definition) is 2. The number of guanidine groups is 1. The molecule has 0 aliphatic heterocycles. The molecule has 2 rings (SSSR count). The van der Waals surface area contributed by atoms with Crippen molar-refractivity contribution in [2.24, 2.45) is 4.99 Å². The van der Waals surface area contributed by atoms with E-state index in [2.05, 4.69) is 46.6 Å². The zero-order valence-corrected chi connectivity index (χ0v) is 19.8. The number of rotatable bonds is 9. The zero-order valence-electron chi connectivity index (χ0n) is 16.7. The fraction of sp³-hybridized carbons (Fsp3) is 0.500. The lowest BCUT2D eigenvalue weighted by Gasteiger charge is -2.11. The SMILES string of the molecule is CCNC(=NCc1sc(C)nc1C)NCCCCOc1ccc(C)cc1.I. The van der Waals surface area contributed by atoms with E-state index in [0.29, 0.717) is 6.54 Å². The number of ether oxygens (including phenoxy) is 1. The lowest BCUT2D eigenvalue weighted by atomic mass is 10.2. The van der Waals surface area contributed by atoms with Crippen molar-refractivity contribution in [2.75, 3.05) is 19.7 Å². The summed E-state index contributed by atoms with van der Waals surface area (Å²) in [6.07, 6.45) is 2.04. The third-order valence-corrected chi connectivity index (χ3v) is 4.94. The maximum Gasteiger partial charge on any atom is 0.191 e. The van der Waals surface area contributed by atoms with Gasteiger partial charge in [0.1, 0.15) is 5.75 Å². The average Bonchev–Trinajstić information content (AvgIpc) is 2.94. The number of thiazole rings is 1. The van der Waals surface area contributed by atoms with Crippen LogP contribution in [0.5, 0.6) is 5.75 Å². The molecule has 0 fully saturated rings. The molecule has 0 spiro atoms. The van der Waals surface area contributed by atoms with Crippen molar-refractivity contribution in [1.82, 2.24) is 15.6 Å². The van der Waals surface area contributed by atoms with E-state index in [4.69, 9.17) is 4.74 Å². The van der Waals surface area contributed by atoms with Crippen LogP contribution in [-0.2, 0) is 6.54 Å². The highest BCUT2D eigenvalue weighted by molar-refractivity contribution is 14.0. The van der Waals surface area contributed by atoms with Crippen LogP contribution in [0.25, 0.3) is 0 Å². The van der Waals surface area contributed by atoms with Crippen molar-refractivity contribution >= 4 is 41.3 Å². The molecule has 1 aromatic carbocycles. The predicted molar refractivity (Wildman–Crippen MR) is 126 cm³/mol. The number of benzene rings is 1. The molecule has 7 heteroatoms. The van der Waals surface area contributed by atoms with E-state index in [1.807, 2.05) is 26.0 Å². The average molecular weight is 502 g/mol. The molecule has 0 aliphatic carbocycles. The van der Waals surface area contributed by atoms with Crippen molar-refractivity contribution in [3.05, 3.63) is 45.4 Å². The molecule has 0 bridgehead atoms. The summed E-state index contributed by atoms with van der Waals surface area (Å²) < 4.78 is 5.76. The molecular weight excluding hydrogens is 471 g/mol. The molecule has 0 atom stereocenters. The number of hydrogen-bond acceptors (Lipinski definition) is 4. The Morgan fingerprint density at radius 2 is 1.85 bits per heavy atom. The van der Waals surface area contributed by atoms with E-state index in [1.54, 1.807) is 11.3 Å². The van der Waals surface area contributed by atoms with E-state index >= 15 is 0 Å². The van der Waals surface area contributed by atoms with Gasteiger partial charge in [-0.05, 0) is 52.7 Å². The van der Waals surface area contributed by atoms with Gasteiger partial charge in [0.05, 0.1) is 23.9 Å². The maximum absolute atomic E-state index is 5.76. The lowest BCUT2D eigenvalue weighted by Crippen LogP contribution is -2.37. The minimum atomic E-state index is 0. The predicted octanol–water partition coefficient (Wildman–Crippen LogP) is 4.60. The van der Waals surface area contributed by atoms with Gasteiger partial charge in [-0.25, -0.2) is 9.98 Å². The van der Waals surface area contributed by atoms with Crippen LogP contribution >= 0.6 is 35.3 Å². The number of nitrogens with one attached hydrogen (secondary N) is 2. The summed E-state index contributed by atoms with van der Waals surface area (Å²) in [4.78, 5) is 10.3. The van der Waals surface area contributed by atoms with Gasteiger partial charge in [-0.1, -0.05) is 17.7 Å². The fourth-order valence-electron chi connectivity index (χ4n) is 2.47. The topological polar surface area (TPSA) is 58.5 Å². The number of unbranched alkanes of at least 4 members (excludes halogenated alkanes) is 1. The Bertz CT molecular complexity index is 701. The summed E-state index contributed by atoms with van der Waals surface area (Å²) in [7, 11) is 0. The molecule has 0 saturated carbocycles. The molecule has 0 aliphatic rings. The number of nitrogens with zero attached hydrogens (tertiary/aromatic N) is 2. The molecule has 1 heterocycles. The largest absolute Gasteiger partial charge is 0.494 e.